The number of alkyl halides is 3. The molecular formula is C10H8BrF3N4. The van der Waals surface area contributed by atoms with Crippen molar-refractivity contribution in [3.8, 4) is 5.69 Å². The second-order valence-electron chi connectivity index (χ2n) is 3.41. The first-order valence-electron chi connectivity index (χ1n) is 4.90. The number of anilines is 1. The fraction of sp³-hybridized carbons (Fsp3) is 0.200. The Balaban J connectivity index is 2.51. The summed E-state index contributed by atoms with van der Waals surface area (Å²) >= 11 is 3.07. The van der Waals surface area contributed by atoms with E-state index < -0.39 is 11.7 Å². The third-order valence-electron chi connectivity index (χ3n) is 2.22. The Morgan fingerprint density at radius 2 is 2.06 bits per heavy atom. The molecule has 96 valence electrons. The zero-order valence-corrected chi connectivity index (χ0v) is 10.7. The minimum Gasteiger partial charge on any atom is -0.357 e. The molecule has 1 N–H and O–H groups in total. The molecule has 0 aliphatic heterocycles. The van der Waals surface area contributed by atoms with Gasteiger partial charge in [0.1, 0.15) is 0 Å². The maximum Gasteiger partial charge on any atom is 0.416 e. The third kappa shape index (κ3) is 2.47. The van der Waals surface area contributed by atoms with E-state index in [9.17, 15) is 13.2 Å². The van der Waals surface area contributed by atoms with Crippen molar-refractivity contribution in [3.05, 3.63) is 34.6 Å². The molecule has 1 heterocycles. The Bertz CT molecular complexity index is 564. The van der Waals surface area contributed by atoms with Crippen LogP contribution < -0.4 is 5.32 Å². The van der Waals surface area contributed by atoms with E-state index in [0.29, 0.717) is 10.7 Å². The molecule has 2 rings (SSSR count). The van der Waals surface area contributed by atoms with Gasteiger partial charge in [-0.2, -0.15) is 22.8 Å². The first-order chi connectivity index (χ1) is 8.41. The first kappa shape index (κ1) is 12.9. The molecule has 0 saturated carbocycles. The van der Waals surface area contributed by atoms with Gasteiger partial charge in [-0.3, -0.25) is 0 Å². The summed E-state index contributed by atoms with van der Waals surface area (Å²) in [6, 6.07) is 4.88. The van der Waals surface area contributed by atoms with Gasteiger partial charge in [0, 0.05) is 7.05 Å². The van der Waals surface area contributed by atoms with Crippen molar-refractivity contribution in [2.45, 2.75) is 6.18 Å². The Morgan fingerprint density at radius 3 is 2.67 bits per heavy atom. The normalized spacial score (nSPS) is 11.6. The standard InChI is InChI=1S/C10H8BrF3N4/c1-15-9-16-8(11)17-18(9)7-4-2-3-6(5-7)10(12,13)14/h2-5H,1H3,(H,15,16,17). The smallest absolute Gasteiger partial charge is 0.357 e. The lowest BCUT2D eigenvalue weighted by atomic mass is 10.2. The van der Waals surface area contributed by atoms with Gasteiger partial charge in [-0.1, -0.05) is 6.07 Å². The van der Waals surface area contributed by atoms with E-state index in [4.69, 9.17) is 0 Å². The van der Waals surface area contributed by atoms with E-state index in [-0.39, 0.29) is 5.69 Å². The van der Waals surface area contributed by atoms with Crippen molar-refractivity contribution in [2.75, 3.05) is 12.4 Å². The van der Waals surface area contributed by atoms with Crippen molar-refractivity contribution < 1.29 is 13.2 Å². The van der Waals surface area contributed by atoms with Crippen molar-refractivity contribution in [1.29, 1.82) is 0 Å². The number of nitrogens with zero attached hydrogens (tertiary/aromatic N) is 3. The number of hydrogen-bond acceptors (Lipinski definition) is 3. The summed E-state index contributed by atoms with van der Waals surface area (Å²) < 4.78 is 39.4. The Hall–Kier alpha value is -1.57. The minimum atomic E-state index is -4.38. The lowest BCUT2D eigenvalue weighted by Crippen LogP contribution is -2.08. The molecular weight excluding hydrogens is 313 g/mol. The van der Waals surface area contributed by atoms with E-state index in [1.807, 2.05) is 0 Å². The number of aromatic nitrogens is 3. The average Bonchev–Trinajstić information content (AvgIpc) is 2.69. The summed E-state index contributed by atoms with van der Waals surface area (Å²) in [6.07, 6.45) is -4.38. The van der Waals surface area contributed by atoms with Gasteiger partial charge in [0.2, 0.25) is 10.7 Å². The summed E-state index contributed by atoms with van der Waals surface area (Å²) in [4.78, 5) is 3.97. The molecule has 0 radical (unpaired) electrons. The van der Waals surface area contributed by atoms with Crippen LogP contribution in [0, 0.1) is 0 Å². The molecule has 0 spiro atoms. The Kier molecular flexibility index (Phi) is 3.29. The topological polar surface area (TPSA) is 42.7 Å². The lowest BCUT2D eigenvalue weighted by molar-refractivity contribution is -0.137. The number of nitrogens with one attached hydrogen (secondary N) is 1. The summed E-state index contributed by atoms with van der Waals surface area (Å²) in [7, 11) is 1.61. The molecule has 0 amide bonds. The monoisotopic (exact) mass is 320 g/mol. The second kappa shape index (κ2) is 4.60. The van der Waals surface area contributed by atoms with Crippen molar-refractivity contribution in [2.24, 2.45) is 0 Å². The average molecular weight is 321 g/mol. The molecule has 8 heteroatoms. The van der Waals surface area contributed by atoms with E-state index in [1.54, 1.807) is 7.05 Å². The SMILES string of the molecule is CNc1nc(Br)nn1-c1cccc(C(F)(F)F)c1. The molecule has 0 bridgehead atoms. The van der Waals surface area contributed by atoms with Crippen LogP contribution in [0.5, 0.6) is 0 Å². The predicted molar refractivity (Wildman–Crippen MR) is 63.6 cm³/mol. The molecule has 0 unspecified atom stereocenters. The summed E-state index contributed by atoms with van der Waals surface area (Å²) in [6.45, 7) is 0. The van der Waals surface area contributed by atoms with Crippen LogP contribution in [0.3, 0.4) is 0 Å². The molecule has 0 fully saturated rings. The first-order valence-corrected chi connectivity index (χ1v) is 5.69. The van der Waals surface area contributed by atoms with Gasteiger partial charge in [-0.05, 0) is 34.1 Å². The van der Waals surface area contributed by atoms with Crippen molar-refractivity contribution >= 4 is 21.9 Å². The number of rotatable bonds is 2. The molecule has 0 aliphatic rings. The van der Waals surface area contributed by atoms with Crippen LogP contribution >= 0.6 is 15.9 Å². The highest BCUT2D eigenvalue weighted by molar-refractivity contribution is 9.10. The molecule has 1 aromatic heterocycles. The minimum absolute atomic E-state index is 0.285. The van der Waals surface area contributed by atoms with Gasteiger partial charge in [0.05, 0.1) is 11.3 Å². The largest absolute Gasteiger partial charge is 0.416 e. The van der Waals surface area contributed by atoms with Gasteiger partial charge >= 0.3 is 6.18 Å². The Morgan fingerprint density at radius 1 is 1.33 bits per heavy atom. The number of hydrogen-bond donors (Lipinski definition) is 1. The van der Waals surface area contributed by atoms with E-state index >= 15 is 0 Å². The molecule has 0 atom stereocenters. The van der Waals surface area contributed by atoms with Crippen molar-refractivity contribution in [3.63, 3.8) is 0 Å². The summed E-state index contributed by atoms with van der Waals surface area (Å²) in [5, 5.41) is 6.72. The summed E-state index contributed by atoms with van der Waals surface area (Å²) in [5.74, 6) is 0.348. The van der Waals surface area contributed by atoms with Crippen LogP contribution in [0.25, 0.3) is 5.69 Å². The molecule has 18 heavy (non-hydrogen) atoms. The van der Waals surface area contributed by atoms with Crippen LogP contribution in [0.1, 0.15) is 5.56 Å². The second-order valence-corrected chi connectivity index (χ2v) is 4.12. The lowest BCUT2D eigenvalue weighted by Gasteiger charge is -2.09. The predicted octanol–water partition coefficient (Wildman–Crippen LogP) is 3.09. The highest BCUT2D eigenvalue weighted by Gasteiger charge is 2.30. The van der Waals surface area contributed by atoms with Crippen LogP contribution in [-0.4, -0.2) is 21.8 Å². The van der Waals surface area contributed by atoms with E-state index in [2.05, 4.69) is 31.3 Å². The molecule has 0 saturated heterocycles. The van der Waals surface area contributed by atoms with Gasteiger partial charge in [0.25, 0.3) is 0 Å². The van der Waals surface area contributed by atoms with E-state index in [1.165, 1.54) is 16.8 Å². The highest BCUT2D eigenvalue weighted by Crippen LogP contribution is 2.30. The number of benzene rings is 1. The van der Waals surface area contributed by atoms with Crippen LogP contribution in [0.15, 0.2) is 29.0 Å². The zero-order valence-electron chi connectivity index (χ0n) is 9.16. The molecule has 0 aliphatic carbocycles. The van der Waals surface area contributed by atoms with Gasteiger partial charge in [0.15, 0.2) is 0 Å². The maximum absolute atomic E-state index is 12.6. The van der Waals surface area contributed by atoms with Crippen LogP contribution in [0.2, 0.25) is 0 Å². The molecule has 4 nitrogen and oxygen atoms in total. The van der Waals surface area contributed by atoms with Crippen LogP contribution in [0.4, 0.5) is 19.1 Å². The molecule has 1 aromatic carbocycles. The van der Waals surface area contributed by atoms with Gasteiger partial charge in [-0.25, -0.2) is 0 Å². The van der Waals surface area contributed by atoms with Gasteiger partial charge in [-0.15, -0.1) is 5.10 Å². The quantitative estimate of drug-likeness (QED) is 0.924. The van der Waals surface area contributed by atoms with E-state index in [0.717, 1.165) is 12.1 Å². The van der Waals surface area contributed by atoms with Crippen molar-refractivity contribution in [1.82, 2.24) is 14.8 Å². The highest BCUT2D eigenvalue weighted by atomic mass is 79.9. The molecule has 2 aromatic rings. The number of halogens is 4. The zero-order chi connectivity index (χ0) is 13.3. The van der Waals surface area contributed by atoms with Gasteiger partial charge < -0.3 is 5.32 Å². The van der Waals surface area contributed by atoms with Crippen LogP contribution in [-0.2, 0) is 6.18 Å². The fourth-order valence-corrected chi connectivity index (χ4v) is 1.77. The summed E-state index contributed by atoms with van der Waals surface area (Å²) in [5.41, 5.74) is -0.443. The Labute approximate surface area is 109 Å². The third-order valence-corrected chi connectivity index (χ3v) is 2.56. The fourth-order valence-electron chi connectivity index (χ4n) is 1.44. The maximum atomic E-state index is 12.6.